The molecular formula is C47H56. The van der Waals surface area contributed by atoms with Crippen LogP contribution < -0.4 is 0 Å². The monoisotopic (exact) mass is 620 g/mol. The van der Waals surface area contributed by atoms with Crippen molar-refractivity contribution in [3.8, 4) is 44.5 Å². The van der Waals surface area contributed by atoms with Crippen molar-refractivity contribution in [3.63, 3.8) is 0 Å². The molecule has 0 aromatic heterocycles. The minimum Gasteiger partial charge on any atom is -0.0654 e. The van der Waals surface area contributed by atoms with Gasteiger partial charge in [0, 0.05) is 0 Å². The molecule has 0 aliphatic heterocycles. The molecule has 0 atom stereocenters. The van der Waals surface area contributed by atoms with Crippen molar-refractivity contribution in [2.24, 2.45) is 0 Å². The summed E-state index contributed by atoms with van der Waals surface area (Å²) in [7, 11) is 0. The maximum atomic E-state index is 2.41. The second-order valence-electron chi connectivity index (χ2n) is 14.3. The predicted molar refractivity (Wildman–Crippen MR) is 208 cm³/mol. The van der Waals surface area contributed by atoms with Crippen LogP contribution in [-0.4, -0.2) is 0 Å². The van der Waals surface area contributed by atoms with E-state index in [1.54, 1.807) is 11.1 Å². The molecule has 0 saturated carbocycles. The lowest BCUT2D eigenvalue weighted by Gasteiger charge is -2.26. The van der Waals surface area contributed by atoms with Crippen molar-refractivity contribution in [2.75, 3.05) is 0 Å². The molecule has 0 nitrogen and oxygen atoms in total. The third-order valence-corrected chi connectivity index (χ3v) is 10.7. The maximum Gasteiger partial charge on any atom is -0.00109 e. The van der Waals surface area contributed by atoms with Crippen molar-refractivity contribution in [3.05, 3.63) is 107 Å². The molecule has 47 heavy (non-hydrogen) atoms. The quantitative estimate of drug-likeness (QED) is 0.0890. The van der Waals surface area contributed by atoms with Gasteiger partial charge in [-0.05, 0) is 106 Å². The topological polar surface area (TPSA) is 0 Å². The summed E-state index contributed by atoms with van der Waals surface area (Å²) >= 11 is 0. The van der Waals surface area contributed by atoms with E-state index in [2.05, 4.69) is 113 Å². The number of fused-ring (bicyclic) bond motifs is 3. The Morgan fingerprint density at radius 3 is 1.17 bits per heavy atom. The first-order valence-electron chi connectivity index (χ1n) is 19.0. The van der Waals surface area contributed by atoms with Crippen LogP contribution in [0.3, 0.4) is 0 Å². The van der Waals surface area contributed by atoms with Gasteiger partial charge in [0.15, 0.2) is 0 Å². The van der Waals surface area contributed by atoms with E-state index in [1.807, 2.05) is 0 Å². The Balaban J connectivity index is 1.57. The summed E-state index contributed by atoms with van der Waals surface area (Å²) in [5.41, 5.74) is 17.5. The average molecular weight is 621 g/mol. The van der Waals surface area contributed by atoms with Crippen LogP contribution >= 0.6 is 0 Å². The number of unbranched alkanes of at least 4 members (excludes halogenated alkanes) is 11. The number of benzene rings is 5. The summed E-state index contributed by atoms with van der Waals surface area (Å²) in [6.07, 6.45) is 19.6. The van der Waals surface area contributed by atoms with Crippen molar-refractivity contribution in [2.45, 2.75) is 124 Å². The van der Waals surface area contributed by atoms with E-state index in [0.717, 1.165) is 12.8 Å². The summed E-state index contributed by atoms with van der Waals surface area (Å²) in [4.78, 5) is 0. The molecule has 0 bridgehead atoms. The van der Waals surface area contributed by atoms with Crippen molar-refractivity contribution in [1.82, 2.24) is 0 Å². The highest BCUT2D eigenvalue weighted by molar-refractivity contribution is 6.21. The van der Waals surface area contributed by atoms with Crippen LogP contribution in [0.2, 0.25) is 0 Å². The zero-order valence-corrected chi connectivity index (χ0v) is 29.7. The first-order chi connectivity index (χ1) is 23.1. The fourth-order valence-electron chi connectivity index (χ4n) is 8.12. The first kappa shape index (κ1) is 33.3. The van der Waals surface area contributed by atoms with Crippen LogP contribution in [0.1, 0.15) is 120 Å². The van der Waals surface area contributed by atoms with Gasteiger partial charge in [-0.3, -0.25) is 0 Å². The molecule has 0 N–H and O–H groups in total. The molecular weight excluding hydrogens is 565 g/mol. The van der Waals surface area contributed by atoms with Crippen LogP contribution in [0.5, 0.6) is 0 Å². The SMILES string of the molecule is CCCCCCCCCc1c(CCCCCCCC)c(-c2ccc(C)cc2)c2c(c1-c1ccc(C)cc1)-c1cccc3cccc-2c13. The number of aryl methyl sites for hydroxylation is 2. The predicted octanol–water partition coefficient (Wildman–Crippen LogP) is 14.6. The largest absolute Gasteiger partial charge is 0.0654 e. The van der Waals surface area contributed by atoms with Crippen LogP contribution in [0, 0.1) is 13.8 Å². The van der Waals surface area contributed by atoms with Gasteiger partial charge in [-0.25, -0.2) is 0 Å². The second kappa shape index (κ2) is 16.0. The lowest BCUT2D eigenvalue weighted by atomic mass is 9.77. The highest BCUT2D eigenvalue weighted by Gasteiger charge is 2.32. The smallest absolute Gasteiger partial charge is 0.00109 e. The number of hydrogen-bond acceptors (Lipinski definition) is 0. The van der Waals surface area contributed by atoms with E-state index in [9.17, 15) is 0 Å². The summed E-state index contributed by atoms with van der Waals surface area (Å²) in [5, 5.41) is 2.79. The molecule has 5 aromatic carbocycles. The Bertz CT molecular complexity index is 1760. The highest BCUT2D eigenvalue weighted by atomic mass is 14.3. The maximum absolute atomic E-state index is 2.41. The molecule has 5 aromatic rings. The van der Waals surface area contributed by atoms with E-state index in [1.165, 1.54) is 150 Å². The number of hydrogen-bond donors (Lipinski definition) is 0. The van der Waals surface area contributed by atoms with Gasteiger partial charge in [0.2, 0.25) is 0 Å². The Kier molecular flexibility index (Phi) is 11.3. The zero-order valence-electron chi connectivity index (χ0n) is 29.7. The Morgan fingerprint density at radius 1 is 0.383 bits per heavy atom. The molecule has 0 amide bonds. The standard InChI is InChI=1S/C47H56/c1-5-7-9-11-13-15-17-23-40-39(22-16-14-12-10-8-6-2)44(37-30-26-34(3)27-31-37)46-41-24-18-20-36-21-19-25-42(43(36)41)47(46)45(40)38-32-28-35(4)29-33-38/h18-21,24-33H,5-17,22-23H2,1-4H3. The molecule has 0 heterocycles. The Hall–Kier alpha value is -3.64. The fraction of sp³-hybridized carbons (Fsp3) is 0.404. The third kappa shape index (κ3) is 7.28. The lowest BCUT2D eigenvalue weighted by molar-refractivity contribution is 0.587. The molecule has 0 radical (unpaired) electrons. The van der Waals surface area contributed by atoms with E-state index in [-0.39, 0.29) is 0 Å². The molecule has 0 saturated heterocycles. The van der Waals surface area contributed by atoms with Gasteiger partial charge in [0.25, 0.3) is 0 Å². The van der Waals surface area contributed by atoms with Gasteiger partial charge in [-0.1, -0.05) is 181 Å². The lowest BCUT2D eigenvalue weighted by Crippen LogP contribution is -2.06. The molecule has 0 fully saturated rings. The van der Waals surface area contributed by atoms with Gasteiger partial charge in [-0.15, -0.1) is 0 Å². The van der Waals surface area contributed by atoms with E-state index < -0.39 is 0 Å². The van der Waals surface area contributed by atoms with Crippen LogP contribution in [0.4, 0.5) is 0 Å². The molecule has 1 aliphatic carbocycles. The van der Waals surface area contributed by atoms with Gasteiger partial charge < -0.3 is 0 Å². The van der Waals surface area contributed by atoms with E-state index in [0.29, 0.717) is 0 Å². The third-order valence-electron chi connectivity index (χ3n) is 10.7. The van der Waals surface area contributed by atoms with Gasteiger partial charge >= 0.3 is 0 Å². The Morgan fingerprint density at radius 2 is 0.766 bits per heavy atom. The number of rotatable bonds is 17. The molecule has 0 unspecified atom stereocenters. The highest BCUT2D eigenvalue weighted by Crippen LogP contribution is 2.57. The molecule has 0 heteroatoms. The minimum atomic E-state index is 1.15. The van der Waals surface area contributed by atoms with Crippen molar-refractivity contribution >= 4 is 10.8 Å². The van der Waals surface area contributed by atoms with E-state index in [4.69, 9.17) is 0 Å². The average Bonchev–Trinajstić information content (AvgIpc) is 3.42. The van der Waals surface area contributed by atoms with Gasteiger partial charge in [0.1, 0.15) is 0 Å². The van der Waals surface area contributed by atoms with Gasteiger partial charge in [0.05, 0.1) is 0 Å². The Labute approximate surface area is 285 Å². The van der Waals surface area contributed by atoms with Crippen LogP contribution in [-0.2, 0) is 12.8 Å². The minimum absolute atomic E-state index is 1.15. The second-order valence-corrected chi connectivity index (χ2v) is 14.3. The summed E-state index contributed by atoms with van der Waals surface area (Å²) in [5.74, 6) is 0. The van der Waals surface area contributed by atoms with E-state index >= 15 is 0 Å². The first-order valence-corrected chi connectivity index (χ1v) is 19.0. The van der Waals surface area contributed by atoms with Crippen molar-refractivity contribution < 1.29 is 0 Å². The molecule has 244 valence electrons. The van der Waals surface area contributed by atoms with Crippen LogP contribution in [0.25, 0.3) is 55.3 Å². The zero-order chi connectivity index (χ0) is 32.6. The normalized spacial score (nSPS) is 11.8. The molecule has 0 spiro atoms. The fourth-order valence-corrected chi connectivity index (χ4v) is 8.12. The summed E-state index contributed by atoms with van der Waals surface area (Å²) < 4.78 is 0. The summed E-state index contributed by atoms with van der Waals surface area (Å²) in [6, 6.07) is 32.9. The molecule has 1 aliphatic rings. The van der Waals surface area contributed by atoms with Gasteiger partial charge in [-0.2, -0.15) is 0 Å². The molecule has 6 rings (SSSR count). The van der Waals surface area contributed by atoms with Crippen LogP contribution in [0.15, 0.2) is 84.9 Å². The summed E-state index contributed by atoms with van der Waals surface area (Å²) in [6.45, 7) is 9.07. The van der Waals surface area contributed by atoms with Crippen molar-refractivity contribution in [1.29, 1.82) is 0 Å².